The van der Waals surface area contributed by atoms with Crippen molar-refractivity contribution in [3.05, 3.63) is 35.2 Å². The third-order valence-corrected chi connectivity index (χ3v) is 4.43. The molecule has 18 heavy (non-hydrogen) atoms. The van der Waals surface area contributed by atoms with Crippen molar-refractivity contribution < 1.29 is 4.74 Å². The number of nitrogens with two attached hydrogens (primary N) is 1. The number of hydrogen-bond donors (Lipinski definition) is 2. The van der Waals surface area contributed by atoms with Gasteiger partial charge < -0.3 is 15.8 Å². The first kappa shape index (κ1) is 12.1. The van der Waals surface area contributed by atoms with Gasteiger partial charge in [0.2, 0.25) is 0 Å². The Hall–Kier alpha value is -0.940. The van der Waals surface area contributed by atoms with Gasteiger partial charge in [-0.05, 0) is 28.8 Å². The molecular weight excluding hydrogens is 244 g/mol. The van der Waals surface area contributed by atoms with E-state index in [2.05, 4.69) is 35.0 Å². The molecule has 0 radical (unpaired) electrons. The molecule has 1 aromatic heterocycles. The van der Waals surface area contributed by atoms with Crippen molar-refractivity contribution in [2.75, 3.05) is 19.8 Å². The second-order valence-corrected chi connectivity index (χ2v) is 5.67. The molecule has 3 nitrogen and oxygen atoms in total. The lowest BCUT2D eigenvalue weighted by Gasteiger charge is -2.26. The van der Waals surface area contributed by atoms with Gasteiger partial charge in [-0.1, -0.05) is 18.2 Å². The van der Waals surface area contributed by atoms with Crippen molar-refractivity contribution >= 4 is 21.4 Å². The van der Waals surface area contributed by atoms with Gasteiger partial charge in [0, 0.05) is 23.3 Å². The van der Waals surface area contributed by atoms with Crippen LogP contribution in [0, 0.1) is 0 Å². The lowest BCUT2D eigenvalue weighted by atomic mass is 9.99. The molecule has 1 saturated heterocycles. The molecule has 2 atom stereocenters. The predicted molar refractivity (Wildman–Crippen MR) is 76.0 cm³/mol. The highest BCUT2D eigenvalue weighted by molar-refractivity contribution is 7.17. The monoisotopic (exact) mass is 262 g/mol. The molecule has 1 fully saturated rings. The Balaban J connectivity index is 1.76. The molecule has 2 unspecified atom stereocenters. The van der Waals surface area contributed by atoms with Crippen LogP contribution in [-0.2, 0) is 4.74 Å². The molecular formula is C14H18N2OS. The van der Waals surface area contributed by atoms with Gasteiger partial charge in [-0.25, -0.2) is 0 Å². The summed E-state index contributed by atoms with van der Waals surface area (Å²) in [7, 11) is 0. The number of rotatable bonds is 3. The van der Waals surface area contributed by atoms with Crippen molar-refractivity contribution in [3.63, 3.8) is 0 Å². The minimum atomic E-state index is 0.0837. The largest absolute Gasteiger partial charge is 0.379 e. The molecule has 0 amide bonds. The first-order valence-electron chi connectivity index (χ1n) is 6.37. The zero-order valence-electron chi connectivity index (χ0n) is 10.3. The maximum absolute atomic E-state index is 6.35. The molecule has 2 heterocycles. The number of ether oxygens (including phenoxy) is 1. The minimum Gasteiger partial charge on any atom is -0.379 e. The standard InChI is InChI=1S/C14H18N2OS/c15-13(7-10-8-17-6-5-16-10)12-9-18-14-4-2-1-3-11(12)14/h1-4,9-10,13,16H,5-8,15H2. The van der Waals surface area contributed by atoms with Gasteiger partial charge in [0.15, 0.2) is 0 Å². The molecule has 3 N–H and O–H groups in total. The van der Waals surface area contributed by atoms with Gasteiger partial charge in [0.05, 0.1) is 13.2 Å². The van der Waals surface area contributed by atoms with E-state index in [1.165, 1.54) is 15.6 Å². The first-order valence-corrected chi connectivity index (χ1v) is 7.25. The molecule has 96 valence electrons. The molecule has 0 bridgehead atoms. The molecule has 3 rings (SSSR count). The van der Waals surface area contributed by atoms with Gasteiger partial charge >= 0.3 is 0 Å². The normalized spacial score (nSPS) is 22.2. The lowest BCUT2D eigenvalue weighted by molar-refractivity contribution is 0.0720. The van der Waals surface area contributed by atoms with Crippen LogP contribution >= 0.6 is 11.3 Å². The molecule has 1 aliphatic heterocycles. The number of hydrogen-bond acceptors (Lipinski definition) is 4. The summed E-state index contributed by atoms with van der Waals surface area (Å²) in [6, 6.07) is 8.93. The van der Waals surface area contributed by atoms with Crippen molar-refractivity contribution in [2.24, 2.45) is 5.73 Å². The van der Waals surface area contributed by atoms with E-state index in [9.17, 15) is 0 Å². The van der Waals surface area contributed by atoms with Crippen molar-refractivity contribution in [2.45, 2.75) is 18.5 Å². The third-order valence-electron chi connectivity index (χ3n) is 3.45. The molecule has 1 aliphatic rings. The summed E-state index contributed by atoms with van der Waals surface area (Å²) in [5.41, 5.74) is 7.61. The highest BCUT2D eigenvalue weighted by atomic mass is 32.1. The smallest absolute Gasteiger partial charge is 0.0620 e. The Bertz CT molecular complexity index is 519. The summed E-state index contributed by atoms with van der Waals surface area (Å²) < 4.78 is 6.79. The fourth-order valence-electron chi connectivity index (χ4n) is 2.49. The summed E-state index contributed by atoms with van der Waals surface area (Å²) in [5, 5.41) is 6.95. The van der Waals surface area contributed by atoms with E-state index in [4.69, 9.17) is 10.5 Å². The van der Waals surface area contributed by atoms with Crippen LogP contribution in [0.5, 0.6) is 0 Å². The maximum atomic E-state index is 6.35. The quantitative estimate of drug-likeness (QED) is 0.892. The lowest BCUT2D eigenvalue weighted by Crippen LogP contribution is -2.42. The van der Waals surface area contributed by atoms with Crippen molar-refractivity contribution in [1.82, 2.24) is 5.32 Å². The minimum absolute atomic E-state index is 0.0837. The van der Waals surface area contributed by atoms with Crippen LogP contribution in [-0.4, -0.2) is 25.8 Å². The van der Waals surface area contributed by atoms with Gasteiger partial charge in [-0.2, -0.15) is 0 Å². The van der Waals surface area contributed by atoms with E-state index < -0.39 is 0 Å². The number of fused-ring (bicyclic) bond motifs is 1. The molecule has 2 aromatic rings. The Morgan fingerprint density at radius 2 is 2.33 bits per heavy atom. The fraction of sp³-hybridized carbons (Fsp3) is 0.429. The fourth-order valence-corrected chi connectivity index (χ4v) is 3.52. The van der Waals surface area contributed by atoms with Gasteiger partial charge in [-0.3, -0.25) is 0 Å². The average Bonchev–Trinajstić information content (AvgIpc) is 2.84. The van der Waals surface area contributed by atoms with Crippen LogP contribution in [0.25, 0.3) is 10.1 Å². The second kappa shape index (κ2) is 5.36. The van der Waals surface area contributed by atoms with E-state index in [0.29, 0.717) is 6.04 Å². The van der Waals surface area contributed by atoms with E-state index in [0.717, 1.165) is 26.2 Å². The Labute approximate surface area is 111 Å². The summed E-state index contributed by atoms with van der Waals surface area (Å²) in [6.07, 6.45) is 0.931. The van der Waals surface area contributed by atoms with E-state index in [-0.39, 0.29) is 6.04 Å². The first-order chi connectivity index (χ1) is 8.84. The Morgan fingerprint density at radius 1 is 1.44 bits per heavy atom. The summed E-state index contributed by atoms with van der Waals surface area (Å²) in [4.78, 5) is 0. The zero-order valence-corrected chi connectivity index (χ0v) is 11.1. The molecule has 4 heteroatoms. The topological polar surface area (TPSA) is 47.3 Å². The number of morpholine rings is 1. The van der Waals surface area contributed by atoms with E-state index in [1.807, 2.05) is 0 Å². The van der Waals surface area contributed by atoms with Crippen molar-refractivity contribution in [3.8, 4) is 0 Å². The third kappa shape index (κ3) is 2.42. The Morgan fingerprint density at radius 3 is 3.17 bits per heavy atom. The second-order valence-electron chi connectivity index (χ2n) is 4.76. The number of nitrogens with one attached hydrogen (secondary N) is 1. The van der Waals surface area contributed by atoms with E-state index >= 15 is 0 Å². The molecule has 0 spiro atoms. The summed E-state index contributed by atoms with van der Waals surface area (Å²) in [5.74, 6) is 0. The average molecular weight is 262 g/mol. The molecule has 1 aromatic carbocycles. The highest BCUT2D eigenvalue weighted by Crippen LogP contribution is 2.31. The van der Waals surface area contributed by atoms with Crippen molar-refractivity contribution in [1.29, 1.82) is 0 Å². The molecule has 0 saturated carbocycles. The van der Waals surface area contributed by atoms with Crippen LogP contribution < -0.4 is 11.1 Å². The van der Waals surface area contributed by atoms with Crippen LogP contribution in [0.3, 0.4) is 0 Å². The van der Waals surface area contributed by atoms with Gasteiger partial charge in [-0.15, -0.1) is 11.3 Å². The number of benzene rings is 1. The van der Waals surface area contributed by atoms with Crippen LogP contribution in [0.4, 0.5) is 0 Å². The van der Waals surface area contributed by atoms with E-state index in [1.54, 1.807) is 11.3 Å². The zero-order chi connectivity index (χ0) is 12.4. The van der Waals surface area contributed by atoms with Crippen LogP contribution in [0.1, 0.15) is 18.0 Å². The molecule has 0 aliphatic carbocycles. The summed E-state index contributed by atoms with van der Waals surface area (Å²) >= 11 is 1.77. The summed E-state index contributed by atoms with van der Waals surface area (Å²) in [6.45, 7) is 2.52. The van der Waals surface area contributed by atoms with Crippen LogP contribution in [0.15, 0.2) is 29.6 Å². The SMILES string of the molecule is NC(CC1COCCN1)c1csc2ccccc12. The Kier molecular flexibility index (Phi) is 3.61. The van der Waals surface area contributed by atoms with Crippen LogP contribution in [0.2, 0.25) is 0 Å². The van der Waals surface area contributed by atoms with Gasteiger partial charge in [0.25, 0.3) is 0 Å². The van der Waals surface area contributed by atoms with Gasteiger partial charge in [0.1, 0.15) is 0 Å². The predicted octanol–water partition coefficient (Wildman–Crippen LogP) is 2.28. The number of thiophene rings is 1. The maximum Gasteiger partial charge on any atom is 0.0620 e. The highest BCUT2D eigenvalue weighted by Gasteiger charge is 2.19.